The number of carbonyl (C=O) groups excluding carboxylic acids is 1. The number of nitrogen functional groups attached to an aromatic ring is 1. The van der Waals surface area contributed by atoms with Crippen LogP contribution >= 0.6 is 0 Å². The van der Waals surface area contributed by atoms with E-state index >= 15 is 0 Å². The topological polar surface area (TPSA) is 79.2 Å². The third-order valence-corrected chi connectivity index (χ3v) is 3.18. The third-order valence-electron chi connectivity index (χ3n) is 3.18. The lowest BCUT2D eigenvalue weighted by Crippen LogP contribution is -2.30. The highest BCUT2D eigenvalue weighted by atomic mass is 19.1. The Morgan fingerprint density at radius 1 is 1.48 bits per heavy atom. The van der Waals surface area contributed by atoms with Crippen LogP contribution in [-0.2, 0) is 0 Å². The summed E-state index contributed by atoms with van der Waals surface area (Å²) in [4.78, 5) is 11.6. The van der Waals surface area contributed by atoms with Crippen LogP contribution in [0.5, 0.6) is 0 Å². The molecule has 2 rings (SSSR count). The zero-order valence-electron chi connectivity index (χ0n) is 11.6. The van der Waals surface area contributed by atoms with Crippen molar-refractivity contribution in [1.82, 2.24) is 10.9 Å². The number of hydrogen-bond donors (Lipinski definition) is 4. The summed E-state index contributed by atoms with van der Waals surface area (Å²) in [5.74, 6) is 4.48. The van der Waals surface area contributed by atoms with Crippen LogP contribution in [0.2, 0.25) is 0 Å². The number of fused-ring (bicyclic) bond motifs is 1. The van der Waals surface area contributed by atoms with Crippen molar-refractivity contribution in [3.8, 4) is 0 Å². The number of amides is 1. The lowest BCUT2D eigenvalue weighted by Gasteiger charge is -2.12. The highest BCUT2D eigenvalue weighted by Crippen LogP contribution is 2.34. The van der Waals surface area contributed by atoms with Crippen molar-refractivity contribution >= 4 is 11.6 Å². The van der Waals surface area contributed by atoms with Crippen LogP contribution in [0.4, 0.5) is 10.1 Å². The molecule has 1 unspecified atom stereocenters. The Kier molecular flexibility index (Phi) is 4.52. The molecule has 5 N–H and O–H groups in total. The molecule has 1 aliphatic heterocycles. The Bertz CT molecular complexity index is 633. The molecule has 1 aromatic carbocycles. The molecule has 0 radical (unpaired) electrons. The van der Waals surface area contributed by atoms with Gasteiger partial charge in [0.05, 0.1) is 17.6 Å². The number of rotatable bonds is 4. The molecule has 0 spiro atoms. The molecule has 5 nitrogen and oxygen atoms in total. The lowest BCUT2D eigenvalue weighted by atomic mass is 9.97. The van der Waals surface area contributed by atoms with Gasteiger partial charge in [-0.05, 0) is 36.8 Å². The van der Waals surface area contributed by atoms with E-state index < -0.39 is 0 Å². The predicted octanol–water partition coefficient (Wildman–Crippen LogP) is 2.25. The number of carbonyl (C=O) groups is 1. The summed E-state index contributed by atoms with van der Waals surface area (Å²) in [6.45, 7) is 5.11. The van der Waals surface area contributed by atoms with Gasteiger partial charge in [0.2, 0.25) is 0 Å². The summed E-state index contributed by atoms with van der Waals surface area (Å²) in [5, 5.41) is 0. The van der Waals surface area contributed by atoms with Gasteiger partial charge in [-0.25, -0.2) is 15.7 Å². The van der Waals surface area contributed by atoms with Crippen molar-refractivity contribution in [1.29, 1.82) is 0 Å². The average Bonchev–Trinajstić information content (AvgIpc) is 2.90. The standard InChI is InChI=1S/C15H17FN4O/c1-3-10(5-4-9(2)16)14-12-8-11(15(21)18-17)6-7-13(12)19-20-14/h3-8,14,19-20H,1,17H2,2H3,(H,18,21)/b9-4+,10-5+. The van der Waals surface area contributed by atoms with E-state index in [0.29, 0.717) is 5.56 Å². The zero-order valence-corrected chi connectivity index (χ0v) is 11.6. The van der Waals surface area contributed by atoms with Gasteiger partial charge in [-0.3, -0.25) is 10.2 Å². The molecule has 110 valence electrons. The van der Waals surface area contributed by atoms with Gasteiger partial charge in [0.25, 0.3) is 5.91 Å². The largest absolute Gasteiger partial charge is 0.320 e. The Labute approximate surface area is 122 Å². The Morgan fingerprint density at radius 3 is 2.86 bits per heavy atom. The highest BCUT2D eigenvalue weighted by Gasteiger charge is 2.24. The SMILES string of the molecule is C=C/C(=C\C=C(/C)F)C1NNc2ccc(C(=O)NN)cc21. The number of anilines is 1. The molecule has 6 heteroatoms. The van der Waals surface area contributed by atoms with Crippen molar-refractivity contribution in [2.24, 2.45) is 5.84 Å². The van der Waals surface area contributed by atoms with E-state index in [4.69, 9.17) is 5.84 Å². The normalized spacial score (nSPS) is 18.0. The minimum absolute atomic E-state index is 0.223. The van der Waals surface area contributed by atoms with Crippen molar-refractivity contribution in [3.05, 3.63) is 65.5 Å². The molecule has 1 aliphatic rings. The first-order valence-electron chi connectivity index (χ1n) is 6.39. The van der Waals surface area contributed by atoms with Crippen molar-refractivity contribution in [3.63, 3.8) is 0 Å². The van der Waals surface area contributed by atoms with E-state index in [1.807, 2.05) is 0 Å². The van der Waals surface area contributed by atoms with Crippen molar-refractivity contribution in [2.45, 2.75) is 13.0 Å². The Balaban J connectivity index is 2.40. The van der Waals surface area contributed by atoms with Gasteiger partial charge in [-0.15, -0.1) is 0 Å². The number of nitrogens with one attached hydrogen (secondary N) is 3. The first kappa shape index (κ1) is 15.0. The van der Waals surface area contributed by atoms with Gasteiger partial charge in [-0.1, -0.05) is 18.7 Å². The molecule has 0 aromatic heterocycles. The monoisotopic (exact) mass is 288 g/mol. The second kappa shape index (κ2) is 6.34. The number of allylic oxidation sites excluding steroid dienone is 3. The summed E-state index contributed by atoms with van der Waals surface area (Å²) in [7, 11) is 0. The molecule has 1 atom stereocenters. The Morgan fingerprint density at radius 2 is 2.24 bits per heavy atom. The van der Waals surface area contributed by atoms with Crippen LogP contribution in [0.25, 0.3) is 0 Å². The maximum Gasteiger partial charge on any atom is 0.265 e. The molecule has 0 fully saturated rings. The molecule has 1 heterocycles. The second-order valence-electron chi connectivity index (χ2n) is 4.60. The average molecular weight is 288 g/mol. The lowest BCUT2D eigenvalue weighted by molar-refractivity contribution is 0.0953. The molecule has 1 amide bonds. The molecule has 0 aliphatic carbocycles. The number of benzene rings is 1. The van der Waals surface area contributed by atoms with Crippen LogP contribution in [0.1, 0.15) is 28.9 Å². The van der Waals surface area contributed by atoms with Crippen LogP contribution in [0.15, 0.2) is 54.4 Å². The van der Waals surface area contributed by atoms with Crippen LogP contribution in [-0.4, -0.2) is 5.91 Å². The smallest absolute Gasteiger partial charge is 0.265 e. The van der Waals surface area contributed by atoms with Gasteiger partial charge < -0.3 is 5.43 Å². The van der Waals surface area contributed by atoms with Gasteiger partial charge in [0, 0.05) is 11.1 Å². The van der Waals surface area contributed by atoms with E-state index in [1.165, 1.54) is 13.0 Å². The fourth-order valence-corrected chi connectivity index (χ4v) is 2.12. The second-order valence-corrected chi connectivity index (χ2v) is 4.60. The van der Waals surface area contributed by atoms with E-state index in [9.17, 15) is 9.18 Å². The molecule has 1 aromatic rings. The fourth-order valence-electron chi connectivity index (χ4n) is 2.12. The summed E-state index contributed by atoms with van der Waals surface area (Å²) in [6.07, 6.45) is 4.66. The summed E-state index contributed by atoms with van der Waals surface area (Å²) in [5.41, 5.74) is 11.1. The van der Waals surface area contributed by atoms with Crippen molar-refractivity contribution < 1.29 is 9.18 Å². The summed E-state index contributed by atoms with van der Waals surface area (Å²) in [6, 6.07) is 4.96. The molecule has 0 saturated carbocycles. The maximum atomic E-state index is 12.9. The van der Waals surface area contributed by atoms with Crippen molar-refractivity contribution in [2.75, 3.05) is 5.43 Å². The molecular weight excluding hydrogens is 271 g/mol. The first-order valence-corrected chi connectivity index (χ1v) is 6.39. The number of hydrogen-bond acceptors (Lipinski definition) is 4. The van der Waals surface area contributed by atoms with E-state index in [-0.39, 0.29) is 17.8 Å². The number of halogens is 1. The van der Waals surface area contributed by atoms with E-state index in [2.05, 4.69) is 22.9 Å². The van der Waals surface area contributed by atoms with Gasteiger partial charge in [-0.2, -0.15) is 0 Å². The minimum atomic E-state index is -0.368. The predicted molar refractivity (Wildman–Crippen MR) is 80.7 cm³/mol. The summed E-state index contributed by atoms with van der Waals surface area (Å²) < 4.78 is 12.9. The van der Waals surface area contributed by atoms with Crippen LogP contribution in [0, 0.1) is 0 Å². The number of hydrazine groups is 2. The van der Waals surface area contributed by atoms with Crippen LogP contribution < -0.4 is 22.1 Å². The minimum Gasteiger partial charge on any atom is -0.320 e. The van der Waals surface area contributed by atoms with Gasteiger partial charge in [0.15, 0.2) is 0 Å². The van der Waals surface area contributed by atoms with Gasteiger partial charge in [0.1, 0.15) is 0 Å². The molecule has 21 heavy (non-hydrogen) atoms. The first-order chi connectivity index (χ1) is 10.1. The quantitative estimate of drug-likeness (QED) is 0.296. The van der Waals surface area contributed by atoms with Gasteiger partial charge >= 0.3 is 0 Å². The van der Waals surface area contributed by atoms with E-state index in [0.717, 1.165) is 16.8 Å². The maximum absolute atomic E-state index is 12.9. The highest BCUT2D eigenvalue weighted by molar-refractivity contribution is 5.94. The molecule has 0 saturated heterocycles. The zero-order chi connectivity index (χ0) is 15.4. The van der Waals surface area contributed by atoms with E-state index in [1.54, 1.807) is 30.4 Å². The summed E-state index contributed by atoms with van der Waals surface area (Å²) >= 11 is 0. The fraction of sp³-hybridized carbons (Fsp3) is 0.133. The molecular formula is C15H17FN4O. The Hall–Kier alpha value is -2.44. The molecule has 0 bridgehead atoms. The number of nitrogens with two attached hydrogens (primary N) is 1. The third kappa shape index (κ3) is 3.18. The van der Waals surface area contributed by atoms with Crippen LogP contribution in [0.3, 0.4) is 0 Å².